The number of hydrogen-bond donors (Lipinski definition) is 3. The van der Waals surface area contributed by atoms with Crippen LogP contribution in [-0.2, 0) is 0 Å². The van der Waals surface area contributed by atoms with Gasteiger partial charge in [0.25, 0.3) is 0 Å². The Hall–Kier alpha value is -2.56. The normalized spacial score (nSPS) is 18.1. The maximum atomic E-state index is 4.66. The van der Waals surface area contributed by atoms with Crippen molar-refractivity contribution in [3.63, 3.8) is 0 Å². The first-order chi connectivity index (χ1) is 11.7. The predicted molar refractivity (Wildman–Crippen MR) is 97.6 cm³/mol. The number of nitrogens with zero attached hydrogens (tertiary/aromatic N) is 2. The van der Waals surface area contributed by atoms with Crippen LogP contribution in [0.25, 0.3) is 22.6 Å². The Kier molecular flexibility index (Phi) is 3.84. The van der Waals surface area contributed by atoms with Crippen molar-refractivity contribution < 1.29 is 0 Å². The van der Waals surface area contributed by atoms with E-state index in [1.807, 2.05) is 30.5 Å². The zero-order valence-electron chi connectivity index (χ0n) is 14.2. The number of anilines is 1. The largest absolute Gasteiger partial charge is 0.356 e. The number of aromatic amines is 2. The molecule has 124 valence electrons. The number of para-hydroxylation sites is 2. The second-order valence-corrected chi connectivity index (χ2v) is 6.80. The van der Waals surface area contributed by atoms with Crippen LogP contribution in [0.15, 0.2) is 41.7 Å². The Morgan fingerprint density at radius 3 is 2.79 bits per heavy atom. The highest BCUT2D eigenvalue weighted by Crippen LogP contribution is 2.32. The number of imidazole rings is 1. The van der Waals surface area contributed by atoms with Crippen molar-refractivity contribution in [3.8, 4) is 11.5 Å². The van der Waals surface area contributed by atoms with Gasteiger partial charge in [0.2, 0.25) is 0 Å². The molecule has 4 rings (SSSR count). The van der Waals surface area contributed by atoms with E-state index in [0.29, 0.717) is 0 Å². The van der Waals surface area contributed by atoms with Gasteiger partial charge in [-0.1, -0.05) is 24.6 Å². The maximum Gasteiger partial charge on any atom is 0.158 e. The van der Waals surface area contributed by atoms with Crippen LogP contribution in [0.5, 0.6) is 0 Å². The van der Waals surface area contributed by atoms with E-state index in [1.165, 1.54) is 37.0 Å². The van der Waals surface area contributed by atoms with Gasteiger partial charge in [0, 0.05) is 5.70 Å². The standard InChI is InChI=1S/C19H23N5/c1-12-7-9-14(10-8-12)13(2)21-17-11-20-24-18(17)19-22-15-5-3-4-6-16(15)23-19/h3-6,11-12,21H,7-10H2,1-2H3,(H,20,24)(H,22,23). The molecule has 0 bridgehead atoms. The number of allylic oxidation sites excluding steroid dienone is 2. The summed E-state index contributed by atoms with van der Waals surface area (Å²) in [6.07, 6.45) is 6.79. The molecule has 1 fully saturated rings. The molecule has 0 unspecified atom stereocenters. The Balaban J connectivity index is 1.62. The van der Waals surface area contributed by atoms with Crippen LogP contribution in [0.3, 0.4) is 0 Å². The van der Waals surface area contributed by atoms with Crippen molar-refractivity contribution in [1.29, 1.82) is 0 Å². The lowest BCUT2D eigenvalue weighted by molar-refractivity contribution is 0.441. The van der Waals surface area contributed by atoms with E-state index >= 15 is 0 Å². The second kappa shape index (κ2) is 6.15. The Labute approximate surface area is 141 Å². The molecule has 0 saturated heterocycles. The van der Waals surface area contributed by atoms with Gasteiger partial charge in [0.15, 0.2) is 5.82 Å². The molecule has 3 aromatic rings. The van der Waals surface area contributed by atoms with Crippen LogP contribution in [0.2, 0.25) is 0 Å². The molecular formula is C19H23N5. The summed E-state index contributed by atoms with van der Waals surface area (Å²) in [7, 11) is 0. The van der Waals surface area contributed by atoms with E-state index in [2.05, 4.69) is 39.3 Å². The molecule has 0 radical (unpaired) electrons. The van der Waals surface area contributed by atoms with Gasteiger partial charge >= 0.3 is 0 Å². The second-order valence-electron chi connectivity index (χ2n) is 6.80. The minimum absolute atomic E-state index is 0.811. The number of rotatable bonds is 3. The topological polar surface area (TPSA) is 69.4 Å². The average Bonchev–Trinajstić information content (AvgIpc) is 3.21. The number of fused-ring (bicyclic) bond motifs is 1. The van der Waals surface area contributed by atoms with Crippen LogP contribution < -0.4 is 5.32 Å². The molecule has 5 nitrogen and oxygen atoms in total. The summed E-state index contributed by atoms with van der Waals surface area (Å²) in [5, 5.41) is 10.8. The number of H-pyrrole nitrogens is 2. The quantitative estimate of drug-likeness (QED) is 0.646. The molecule has 2 heterocycles. The van der Waals surface area contributed by atoms with Crippen molar-refractivity contribution >= 4 is 16.7 Å². The summed E-state index contributed by atoms with van der Waals surface area (Å²) in [5.41, 5.74) is 6.65. The first kappa shape index (κ1) is 15.0. The van der Waals surface area contributed by atoms with Gasteiger partial charge in [0.1, 0.15) is 5.69 Å². The lowest BCUT2D eigenvalue weighted by atomic mass is 9.86. The Bertz CT molecular complexity index is 843. The summed E-state index contributed by atoms with van der Waals surface area (Å²) in [5.74, 6) is 1.66. The van der Waals surface area contributed by atoms with Crippen LogP contribution in [0.1, 0.15) is 39.5 Å². The van der Waals surface area contributed by atoms with E-state index in [0.717, 1.165) is 34.2 Å². The van der Waals surface area contributed by atoms with E-state index in [9.17, 15) is 0 Å². The van der Waals surface area contributed by atoms with Crippen molar-refractivity contribution in [2.24, 2.45) is 5.92 Å². The minimum atomic E-state index is 0.811. The summed E-state index contributed by atoms with van der Waals surface area (Å²) < 4.78 is 0. The maximum absolute atomic E-state index is 4.66. The first-order valence-corrected chi connectivity index (χ1v) is 8.65. The fraction of sp³-hybridized carbons (Fsp3) is 0.368. The molecule has 5 heteroatoms. The van der Waals surface area contributed by atoms with Crippen molar-refractivity contribution in [3.05, 3.63) is 41.7 Å². The number of aromatic nitrogens is 4. The molecule has 0 spiro atoms. The third kappa shape index (κ3) is 2.82. The highest BCUT2D eigenvalue weighted by Gasteiger charge is 2.16. The number of nitrogens with one attached hydrogen (secondary N) is 3. The lowest BCUT2D eigenvalue weighted by Crippen LogP contribution is -2.09. The highest BCUT2D eigenvalue weighted by molar-refractivity contribution is 5.81. The minimum Gasteiger partial charge on any atom is -0.356 e. The van der Waals surface area contributed by atoms with Crippen molar-refractivity contribution in [2.75, 3.05) is 5.32 Å². The van der Waals surface area contributed by atoms with Gasteiger partial charge in [-0.05, 0) is 50.7 Å². The first-order valence-electron chi connectivity index (χ1n) is 8.65. The smallest absolute Gasteiger partial charge is 0.158 e. The summed E-state index contributed by atoms with van der Waals surface area (Å²) >= 11 is 0. The third-order valence-electron chi connectivity index (χ3n) is 5.00. The van der Waals surface area contributed by atoms with Crippen LogP contribution in [-0.4, -0.2) is 20.2 Å². The fourth-order valence-corrected chi connectivity index (χ4v) is 3.41. The zero-order chi connectivity index (χ0) is 16.5. The van der Waals surface area contributed by atoms with Crippen LogP contribution >= 0.6 is 0 Å². The molecule has 1 aliphatic carbocycles. The molecule has 0 atom stereocenters. The highest BCUT2D eigenvalue weighted by atomic mass is 15.2. The predicted octanol–water partition coefficient (Wildman–Crippen LogP) is 4.85. The van der Waals surface area contributed by atoms with E-state index in [-0.39, 0.29) is 0 Å². The number of benzene rings is 1. The zero-order valence-corrected chi connectivity index (χ0v) is 14.2. The van der Waals surface area contributed by atoms with Gasteiger partial charge in [-0.25, -0.2) is 4.98 Å². The molecule has 24 heavy (non-hydrogen) atoms. The van der Waals surface area contributed by atoms with Gasteiger partial charge in [-0.2, -0.15) is 5.10 Å². The molecule has 1 aromatic carbocycles. The molecule has 0 amide bonds. The molecule has 1 saturated carbocycles. The average molecular weight is 321 g/mol. The Morgan fingerprint density at radius 1 is 1.21 bits per heavy atom. The molecular weight excluding hydrogens is 298 g/mol. The summed E-state index contributed by atoms with van der Waals surface area (Å²) in [6, 6.07) is 8.05. The van der Waals surface area contributed by atoms with E-state index in [1.54, 1.807) is 0 Å². The fourth-order valence-electron chi connectivity index (χ4n) is 3.41. The lowest BCUT2D eigenvalue weighted by Gasteiger charge is -2.22. The molecule has 1 aliphatic rings. The molecule has 0 aliphatic heterocycles. The summed E-state index contributed by atoms with van der Waals surface area (Å²) in [4.78, 5) is 8.02. The molecule has 2 aromatic heterocycles. The SMILES string of the molecule is CC(Nc1cn[nH]c1-c1nc2ccccc2[nH]1)=C1CCC(C)CC1. The van der Waals surface area contributed by atoms with Gasteiger partial charge < -0.3 is 10.3 Å². The van der Waals surface area contributed by atoms with Gasteiger partial charge in [-0.3, -0.25) is 5.10 Å². The van der Waals surface area contributed by atoms with Gasteiger partial charge in [0.05, 0.1) is 22.9 Å². The van der Waals surface area contributed by atoms with Crippen LogP contribution in [0, 0.1) is 5.92 Å². The third-order valence-corrected chi connectivity index (χ3v) is 5.00. The summed E-state index contributed by atoms with van der Waals surface area (Å²) in [6.45, 7) is 4.51. The Morgan fingerprint density at radius 2 is 2.00 bits per heavy atom. The van der Waals surface area contributed by atoms with Gasteiger partial charge in [-0.15, -0.1) is 0 Å². The van der Waals surface area contributed by atoms with E-state index in [4.69, 9.17) is 0 Å². The van der Waals surface area contributed by atoms with Crippen LogP contribution in [0.4, 0.5) is 5.69 Å². The van der Waals surface area contributed by atoms with E-state index < -0.39 is 0 Å². The number of hydrogen-bond acceptors (Lipinski definition) is 3. The molecule has 3 N–H and O–H groups in total. The van der Waals surface area contributed by atoms with Crippen molar-refractivity contribution in [2.45, 2.75) is 39.5 Å². The van der Waals surface area contributed by atoms with Crippen molar-refractivity contribution in [1.82, 2.24) is 20.2 Å². The monoisotopic (exact) mass is 321 g/mol.